The molecule has 1 unspecified atom stereocenters. The molecule has 2 N–H and O–H groups in total. The molecule has 106 valence electrons. The first-order valence-electron chi connectivity index (χ1n) is 7.58. The zero-order chi connectivity index (χ0) is 13.8. The predicted octanol–water partition coefficient (Wildman–Crippen LogP) is 3.90. The molecule has 0 saturated heterocycles. The monoisotopic (exact) mass is 261 g/mol. The first-order valence-corrected chi connectivity index (χ1v) is 7.58. The quantitative estimate of drug-likeness (QED) is 0.892. The summed E-state index contributed by atoms with van der Waals surface area (Å²) in [6.45, 7) is 6.35. The molecule has 0 radical (unpaired) electrons. The molecule has 0 spiro atoms. The van der Waals surface area contributed by atoms with E-state index in [1.165, 1.54) is 48.8 Å². The molecule has 2 nitrogen and oxygen atoms in total. The maximum Gasteiger partial charge on any atom is 0.125 e. The van der Waals surface area contributed by atoms with Crippen LogP contribution in [0.25, 0.3) is 0 Å². The summed E-state index contributed by atoms with van der Waals surface area (Å²) in [6, 6.07) is 4.67. The number of rotatable bonds is 4. The van der Waals surface area contributed by atoms with Gasteiger partial charge in [0.15, 0.2) is 0 Å². The Balaban J connectivity index is 2.11. The van der Waals surface area contributed by atoms with Crippen molar-refractivity contribution < 1.29 is 4.74 Å². The molecule has 1 aromatic rings. The Labute approximate surface area is 117 Å². The van der Waals surface area contributed by atoms with Crippen LogP contribution in [-0.2, 0) is 6.42 Å². The van der Waals surface area contributed by atoms with Crippen molar-refractivity contribution in [2.24, 2.45) is 5.73 Å². The van der Waals surface area contributed by atoms with E-state index in [1.807, 2.05) is 0 Å². The van der Waals surface area contributed by atoms with Gasteiger partial charge in [-0.05, 0) is 69.6 Å². The van der Waals surface area contributed by atoms with E-state index in [0.717, 1.165) is 12.2 Å². The van der Waals surface area contributed by atoms with Crippen molar-refractivity contribution in [2.75, 3.05) is 0 Å². The fourth-order valence-electron chi connectivity index (χ4n) is 3.07. The zero-order valence-electron chi connectivity index (χ0n) is 12.5. The van der Waals surface area contributed by atoms with Crippen molar-refractivity contribution in [1.82, 2.24) is 0 Å². The van der Waals surface area contributed by atoms with Crippen LogP contribution in [0, 0.1) is 13.8 Å². The van der Waals surface area contributed by atoms with E-state index >= 15 is 0 Å². The highest BCUT2D eigenvalue weighted by Crippen LogP contribution is 2.30. The van der Waals surface area contributed by atoms with Crippen LogP contribution < -0.4 is 10.5 Å². The molecule has 2 rings (SSSR count). The standard InChI is InChI=1S/C17H27NO/c1-12-9-15(11-14(3)18)10-13(2)17(12)19-16-7-5-4-6-8-16/h9-10,14,16H,4-8,11,18H2,1-3H3. The van der Waals surface area contributed by atoms with Gasteiger partial charge in [-0.3, -0.25) is 0 Å². The van der Waals surface area contributed by atoms with E-state index in [-0.39, 0.29) is 6.04 Å². The van der Waals surface area contributed by atoms with Crippen molar-refractivity contribution >= 4 is 0 Å². The second kappa shape index (κ2) is 6.42. The Morgan fingerprint density at radius 3 is 2.26 bits per heavy atom. The van der Waals surface area contributed by atoms with Gasteiger partial charge in [0.1, 0.15) is 5.75 Å². The second-order valence-corrected chi connectivity index (χ2v) is 6.12. The highest BCUT2D eigenvalue weighted by atomic mass is 16.5. The molecule has 1 fully saturated rings. The molecule has 0 aliphatic heterocycles. The van der Waals surface area contributed by atoms with Crippen LogP contribution in [-0.4, -0.2) is 12.1 Å². The minimum Gasteiger partial charge on any atom is -0.490 e. The third-order valence-corrected chi connectivity index (χ3v) is 3.91. The number of nitrogens with two attached hydrogens (primary N) is 1. The lowest BCUT2D eigenvalue weighted by Gasteiger charge is -2.25. The Bertz CT molecular complexity index is 396. The minimum absolute atomic E-state index is 0.212. The molecule has 0 aromatic heterocycles. The largest absolute Gasteiger partial charge is 0.490 e. The highest BCUT2D eigenvalue weighted by Gasteiger charge is 2.17. The molecule has 0 heterocycles. The van der Waals surface area contributed by atoms with E-state index in [2.05, 4.69) is 32.9 Å². The second-order valence-electron chi connectivity index (χ2n) is 6.12. The number of benzene rings is 1. The average molecular weight is 261 g/mol. The van der Waals surface area contributed by atoms with Crippen LogP contribution in [0.2, 0.25) is 0 Å². The Kier molecular flexibility index (Phi) is 4.87. The van der Waals surface area contributed by atoms with E-state index in [1.54, 1.807) is 0 Å². The van der Waals surface area contributed by atoms with E-state index < -0.39 is 0 Å². The molecular formula is C17H27NO. The number of aryl methyl sites for hydroxylation is 2. The molecule has 19 heavy (non-hydrogen) atoms. The summed E-state index contributed by atoms with van der Waals surface area (Å²) in [6.07, 6.45) is 7.76. The maximum absolute atomic E-state index is 6.25. The molecule has 2 heteroatoms. The molecule has 1 saturated carbocycles. The molecule has 1 aromatic carbocycles. The number of hydrogen-bond acceptors (Lipinski definition) is 2. The predicted molar refractivity (Wildman–Crippen MR) is 80.8 cm³/mol. The van der Waals surface area contributed by atoms with Gasteiger partial charge < -0.3 is 10.5 Å². The van der Waals surface area contributed by atoms with E-state index in [0.29, 0.717) is 6.10 Å². The first-order chi connectivity index (χ1) is 9.06. The summed E-state index contributed by atoms with van der Waals surface area (Å²) in [5.74, 6) is 1.10. The summed E-state index contributed by atoms with van der Waals surface area (Å²) in [7, 11) is 0. The van der Waals surface area contributed by atoms with Crippen LogP contribution in [0.1, 0.15) is 55.7 Å². The molecule has 1 aliphatic rings. The fraction of sp³-hybridized carbons (Fsp3) is 0.647. The summed E-state index contributed by atoms with van der Waals surface area (Å²) in [5, 5.41) is 0. The molecular weight excluding hydrogens is 234 g/mol. The van der Waals surface area contributed by atoms with Gasteiger partial charge in [-0.15, -0.1) is 0 Å². The van der Waals surface area contributed by atoms with Gasteiger partial charge in [-0.25, -0.2) is 0 Å². The normalized spacial score (nSPS) is 18.3. The molecule has 0 amide bonds. The number of ether oxygens (including phenoxy) is 1. The molecule has 0 bridgehead atoms. The van der Waals surface area contributed by atoms with Crippen LogP contribution in [0.4, 0.5) is 0 Å². The van der Waals surface area contributed by atoms with Crippen LogP contribution in [0.3, 0.4) is 0 Å². The van der Waals surface area contributed by atoms with Gasteiger partial charge in [0.25, 0.3) is 0 Å². The van der Waals surface area contributed by atoms with Crippen LogP contribution >= 0.6 is 0 Å². The highest BCUT2D eigenvalue weighted by molar-refractivity contribution is 5.43. The van der Waals surface area contributed by atoms with E-state index in [9.17, 15) is 0 Å². The lowest BCUT2D eigenvalue weighted by atomic mass is 9.97. The van der Waals surface area contributed by atoms with Gasteiger partial charge in [0.05, 0.1) is 6.10 Å². The van der Waals surface area contributed by atoms with Crippen LogP contribution in [0.15, 0.2) is 12.1 Å². The van der Waals surface area contributed by atoms with Crippen molar-refractivity contribution in [1.29, 1.82) is 0 Å². The summed E-state index contributed by atoms with van der Waals surface area (Å²) in [4.78, 5) is 0. The van der Waals surface area contributed by atoms with Gasteiger partial charge >= 0.3 is 0 Å². The average Bonchev–Trinajstić information content (AvgIpc) is 2.34. The summed E-state index contributed by atoms with van der Waals surface area (Å²) < 4.78 is 6.25. The molecule has 1 atom stereocenters. The van der Waals surface area contributed by atoms with Crippen molar-refractivity contribution in [3.63, 3.8) is 0 Å². The topological polar surface area (TPSA) is 35.2 Å². The fourth-order valence-corrected chi connectivity index (χ4v) is 3.07. The Hall–Kier alpha value is -1.02. The zero-order valence-corrected chi connectivity index (χ0v) is 12.5. The number of hydrogen-bond donors (Lipinski definition) is 1. The van der Waals surface area contributed by atoms with Gasteiger partial charge in [-0.1, -0.05) is 18.6 Å². The first kappa shape index (κ1) is 14.4. The third kappa shape index (κ3) is 3.97. The van der Waals surface area contributed by atoms with Gasteiger partial charge in [-0.2, -0.15) is 0 Å². The molecule has 1 aliphatic carbocycles. The SMILES string of the molecule is Cc1cc(CC(C)N)cc(C)c1OC1CCCCC1. The summed E-state index contributed by atoms with van der Waals surface area (Å²) >= 11 is 0. The van der Waals surface area contributed by atoms with Gasteiger partial charge in [0.2, 0.25) is 0 Å². The Morgan fingerprint density at radius 1 is 1.16 bits per heavy atom. The summed E-state index contributed by atoms with van der Waals surface area (Å²) in [5.41, 5.74) is 9.70. The lowest BCUT2D eigenvalue weighted by Crippen LogP contribution is -2.21. The van der Waals surface area contributed by atoms with Crippen LogP contribution in [0.5, 0.6) is 5.75 Å². The van der Waals surface area contributed by atoms with Gasteiger partial charge in [0, 0.05) is 6.04 Å². The maximum atomic E-state index is 6.25. The van der Waals surface area contributed by atoms with Crippen molar-refractivity contribution in [3.05, 3.63) is 28.8 Å². The lowest BCUT2D eigenvalue weighted by molar-refractivity contribution is 0.153. The van der Waals surface area contributed by atoms with Crippen molar-refractivity contribution in [3.8, 4) is 5.75 Å². The third-order valence-electron chi connectivity index (χ3n) is 3.91. The van der Waals surface area contributed by atoms with Crippen molar-refractivity contribution in [2.45, 2.75) is 71.4 Å². The minimum atomic E-state index is 0.212. The smallest absolute Gasteiger partial charge is 0.125 e. The van der Waals surface area contributed by atoms with E-state index in [4.69, 9.17) is 10.5 Å². The Morgan fingerprint density at radius 2 is 1.74 bits per heavy atom.